The molecule has 0 radical (unpaired) electrons. The van der Waals surface area contributed by atoms with E-state index in [0.29, 0.717) is 6.42 Å². The van der Waals surface area contributed by atoms with Crippen LogP contribution in [0.5, 0.6) is 0 Å². The highest BCUT2D eigenvalue weighted by Crippen LogP contribution is 2.06. The van der Waals surface area contributed by atoms with Crippen LogP contribution >= 0.6 is 11.6 Å². The van der Waals surface area contributed by atoms with Gasteiger partial charge in [-0.25, -0.2) is 0 Å². The minimum absolute atomic E-state index is 0.0509. The van der Waals surface area contributed by atoms with Crippen LogP contribution < -0.4 is 5.32 Å². The Morgan fingerprint density at radius 1 is 2.00 bits per heavy atom. The van der Waals surface area contributed by atoms with Crippen LogP contribution in [0.2, 0.25) is 0 Å². The number of hydrogen-bond donors (Lipinski definition) is 1. The first kappa shape index (κ1) is 3.93. The molecule has 3 heteroatoms. The number of carbonyl (C=O) groups excluding carboxylic acids is 1. The molecule has 0 saturated carbocycles. The summed E-state index contributed by atoms with van der Waals surface area (Å²) in [6.45, 7) is 0. The molecule has 2 nitrogen and oxygen atoms in total. The molecule has 0 aromatic rings. The summed E-state index contributed by atoms with van der Waals surface area (Å²) in [4.78, 5) is 9.91. The molecule has 34 valence electrons. The minimum Gasteiger partial charge on any atom is -0.339 e. The largest absolute Gasteiger partial charge is 0.339 e. The summed E-state index contributed by atoms with van der Waals surface area (Å²) in [5.41, 5.74) is -0.0856. The average Bonchev–Trinajstić information content (AvgIpc) is 1.33. The SMILES string of the molecule is O=C1CC(Cl)N1. The van der Waals surface area contributed by atoms with Crippen LogP contribution in [0.3, 0.4) is 0 Å². The maximum Gasteiger partial charge on any atom is 0.224 e. The predicted octanol–water partition coefficient (Wildman–Crippen LogP) is 0.0712. The van der Waals surface area contributed by atoms with Gasteiger partial charge in [0.25, 0.3) is 0 Å². The van der Waals surface area contributed by atoms with E-state index in [1.165, 1.54) is 0 Å². The van der Waals surface area contributed by atoms with Crippen LogP contribution in [-0.2, 0) is 4.79 Å². The third kappa shape index (κ3) is 0.476. The first-order chi connectivity index (χ1) is 2.79. The lowest BCUT2D eigenvalue weighted by molar-refractivity contribution is -0.126. The Morgan fingerprint density at radius 3 is 2.50 bits per heavy atom. The van der Waals surface area contributed by atoms with E-state index in [1.807, 2.05) is 0 Å². The Morgan fingerprint density at radius 2 is 2.50 bits per heavy atom. The first-order valence-corrected chi connectivity index (χ1v) is 2.16. The zero-order valence-corrected chi connectivity index (χ0v) is 3.83. The Balaban J connectivity index is 2.28. The van der Waals surface area contributed by atoms with Crippen molar-refractivity contribution in [1.82, 2.24) is 5.32 Å². The van der Waals surface area contributed by atoms with Crippen molar-refractivity contribution in [1.29, 1.82) is 0 Å². The molecule has 1 saturated heterocycles. The summed E-state index contributed by atoms with van der Waals surface area (Å²) in [5.74, 6) is 0.0509. The Bertz CT molecular complexity index is 74.9. The van der Waals surface area contributed by atoms with Crippen LogP contribution in [0.1, 0.15) is 6.42 Å². The monoisotopic (exact) mass is 105 g/mol. The lowest BCUT2D eigenvalue weighted by Crippen LogP contribution is -2.44. The van der Waals surface area contributed by atoms with Crippen molar-refractivity contribution in [2.24, 2.45) is 0 Å². The summed E-state index contributed by atoms with van der Waals surface area (Å²) < 4.78 is 0. The molecule has 6 heavy (non-hydrogen) atoms. The van der Waals surface area contributed by atoms with Crippen LogP contribution in [0.25, 0.3) is 0 Å². The first-order valence-electron chi connectivity index (χ1n) is 1.72. The van der Waals surface area contributed by atoms with E-state index in [1.54, 1.807) is 0 Å². The zero-order chi connectivity index (χ0) is 4.57. The fourth-order valence-corrected chi connectivity index (χ4v) is 0.578. The molecule has 1 heterocycles. The van der Waals surface area contributed by atoms with Crippen molar-refractivity contribution in [2.75, 3.05) is 0 Å². The molecule has 1 atom stereocenters. The van der Waals surface area contributed by atoms with Crippen molar-refractivity contribution in [3.8, 4) is 0 Å². The number of nitrogens with one attached hydrogen (secondary N) is 1. The smallest absolute Gasteiger partial charge is 0.224 e. The lowest BCUT2D eigenvalue weighted by atomic mass is 10.3. The molecule has 1 rings (SSSR count). The highest BCUT2D eigenvalue weighted by atomic mass is 35.5. The van der Waals surface area contributed by atoms with Gasteiger partial charge in [-0.2, -0.15) is 0 Å². The lowest BCUT2D eigenvalue weighted by Gasteiger charge is -2.19. The van der Waals surface area contributed by atoms with Crippen molar-refractivity contribution < 1.29 is 4.79 Å². The second kappa shape index (κ2) is 1.12. The summed E-state index contributed by atoms with van der Waals surface area (Å²) in [6, 6.07) is 0. The summed E-state index contributed by atoms with van der Waals surface area (Å²) >= 11 is 5.31. The van der Waals surface area contributed by atoms with Crippen molar-refractivity contribution in [2.45, 2.75) is 11.9 Å². The molecule has 1 amide bonds. The quantitative estimate of drug-likeness (QED) is 0.264. The molecule has 0 aromatic carbocycles. The van der Waals surface area contributed by atoms with Gasteiger partial charge in [-0.05, 0) is 0 Å². The molecule has 1 fully saturated rings. The van der Waals surface area contributed by atoms with Crippen molar-refractivity contribution in [3.63, 3.8) is 0 Å². The molecule has 0 aliphatic carbocycles. The second-order valence-electron chi connectivity index (χ2n) is 1.24. The van der Waals surface area contributed by atoms with Gasteiger partial charge in [0, 0.05) is 0 Å². The Labute approximate surface area is 40.5 Å². The van der Waals surface area contributed by atoms with E-state index >= 15 is 0 Å². The number of carbonyl (C=O) groups is 1. The van der Waals surface area contributed by atoms with Crippen LogP contribution in [0, 0.1) is 0 Å². The normalized spacial score (nSPS) is 31.5. The topological polar surface area (TPSA) is 29.1 Å². The van der Waals surface area contributed by atoms with Gasteiger partial charge in [0.15, 0.2) is 0 Å². The van der Waals surface area contributed by atoms with E-state index in [2.05, 4.69) is 5.32 Å². The summed E-state index contributed by atoms with van der Waals surface area (Å²) in [6.07, 6.45) is 0.488. The number of β-lactam (4-membered cyclic amide) rings is 1. The highest BCUT2D eigenvalue weighted by Gasteiger charge is 2.21. The van der Waals surface area contributed by atoms with Crippen LogP contribution in [0.4, 0.5) is 0 Å². The van der Waals surface area contributed by atoms with Crippen LogP contribution in [-0.4, -0.2) is 11.4 Å². The number of hydrogen-bond acceptors (Lipinski definition) is 1. The van der Waals surface area contributed by atoms with E-state index in [4.69, 9.17) is 11.6 Å². The third-order valence-electron chi connectivity index (χ3n) is 0.682. The molecule has 1 aliphatic heterocycles. The molecule has 1 unspecified atom stereocenters. The summed E-state index contributed by atoms with van der Waals surface area (Å²) in [7, 11) is 0. The number of rotatable bonds is 0. The van der Waals surface area contributed by atoms with Gasteiger partial charge in [0.05, 0.1) is 6.42 Å². The van der Waals surface area contributed by atoms with E-state index < -0.39 is 0 Å². The van der Waals surface area contributed by atoms with Crippen molar-refractivity contribution >= 4 is 17.5 Å². The van der Waals surface area contributed by atoms with E-state index in [9.17, 15) is 4.79 Å². The molecule has 1 aliphatic rings. The summed E-state index contributed by atoms with van der Waals surface area (Å²) in [5, 5.41) is 2.43. The zero-order valence-electron chi connectivity index (χ0n) is 3.07. The number of halogens is 1. The minimum atomic E-state index is -0.0856. The molecular formula is C3H4ClNO. The molecule has 0 bridgehead atoms. The molecule has 0 spiro atoms. The highest BCUT2D eigenvalue weighted by molar-refractivity contribution is 6.24. The van der Waals surface area contributed by atoms with Gasteiger partial charge in [0.1, 0.15) is 5.50 Å². The van der Waals surface area contributed by atoms with Gasteiger partial charge >= 0.3 is 0 Å². The molecule has 1 N–H and O–H groups in total. The van der Waals surface area contributed by atoms with Gasteiger partial charge in [-0.1, -0.05) is 11.6 Å². The number of amides is 1. The van der Waals surface area contributed by atoms with Gasteiger partial charge in [-0.3, -0.25) is 4.79 Å². The van der Waals surface area contributed by atoms with Crippen molar-refractivity contribution in [3.05, 3.63) is 0 Å². The van der Waals surface area contributed by atoms with E-state index in [-0.39, 0.29) is 11.4 Å². The fraction of sp³-hybridized carbons (Fsp3) is 0.667. The third-order valence-corrected chi connectivity index (χ3v) is 0.946. The Hall–Kier alpha value is -0.240. The van der Waals surface area contributed by atoms with Crippen LogP contribution in [0.15, 0.2) is 0 Å². The van der Waals surface area contributed by atoms with E-state index in [0.717, 1.165) is 0 Å². The number of alkyl halides is 1. The van der Waals surface area contributed by atoms with Gasteiger partial charge in [-0.15, -0.1) is 0 Å². The van der Waals surface area contributed by atoms with Gasteiger partial charge < -0.3 is 5.32 Å². The average molecular weight is 106 g/mol. The molecule has 0 aromatic heterocycles. The second-order valence-corrected chi connectivity index (χ2v) is 1.77. The van der Waals surface area contributed by atoms with Gasteiger partial charge in [0.2, 0.25) is 5.91 Å². The maximum absolute atomic E-state index is 9.91. The molecular weight excluding hydrogens is 101 g/mol. The standard InChI is InChI=1S/C3H4ClNO/c4-2-1-3(6)5-2/h2H,1H2,(H,5,6). The fourth-order valence-electron chi connectivity index (χ4n) is 0.316. The maximum atomic E-state index is 9.91. The Kier molecular flexibility index (Phi) is 0.733. The predicted molar refractivity (Wildman–Crippen MR) is 22.4 cm³/mol.